The molecule has 1 aliphatic rings. The molecule has 31 heavy (non-hydrogen) atoms. The third-order valence-electron chi connectivity index (χ3n) is 5.05. The lowest BCUT2D eigenvalue weighted by Gasteiger charge is -2.23. The van der Waals surface area contributed by atoms with Gasteiger partial charge in [-0.1, -0.05) is 17.7 Å². The molecule has 11 heteroatoms. The van der Waals surface area contributed by atoms with Crippen LogP contribution in [0.15, 0.2) is 42.5 Å². The molecule has 1 atom stereocenters. The summed E-state index contributed by atoms with van der Waals surface area (Å²) in [4.78, 5) is 26.7. The van der Waals surface area contributed by atoms with E-state index in [0.717, 1.165) is 16.6 Å². The van der Waals surface area contributed by atoms with Crippen LogP contribution in [0.4, 0.5) is 15.8 Å². The first-order chi connectivity index (χ1) is 14.4. The Balaban J connectivity index is 1.75. The van der Waals surface area contributed by atoms with E-state index in [2.05, 4.69) is 5.32 Å². The quantitative estimate of drug-likeness (QED) is 0.626. The van der Waals surface area contributed by atoms with Crippen LogP contribution >= 0.6 is 11.6 Å². The smallest absolute Gasteiger partial charge is 0.268 e. The van der Waals surface area contributed by atoms with Crippen LogP contribution in [-0.2, 0) is 26.2 Å². The molecule has 2 aromatic carbocycles. The first-order valence-corrected chi connectivity index (χ1v) is 11.5. The number of carbonyl (C=O) groups is 2. The van der Waals surface area contributed by atoms with E-state index >= 15 is 0 Å². The maximum absolute atomic E-state index is 13.4. The molecule has 0 unspecified atom stereocenters. The molecule has 0 aliphatic carbocycles. The molecule has 8 nitrogen and oxygen atoms in total. The van der Waals surface area contributed by atoms with Crippen LogP contribution in [0, 0.1) is 5.82 Å². The number of halogens is 2. The second kappa shape index (κ2) is 8.45. The van der Waals surface area contributed by atoms with Crippen molar-refractivity contribution in [2.45, 2.75) is 18.6 Å². The van der Waals surface area contributed by atoms with Gasteiger partial charge in [0.25, 0.3) is 11.8 Å². The lowest BCUT2D eigenvalue weighted by molar-refractivity contribution is -0.149. The van der Waals surface area contributed by atoms with E-state index < -0.39 is 33.3 Å². The van der Waals surface area contributed by atoms with Gasteiger partial charge in [0.15, 0.2) is 0 Å². The number of nitrogens with one attached hydrogen (secondary N) is 1. The highest BCUT2D eigenvalue weighted by Crippen LogP contribution is 2.31. The number of aliphatic hydroxyl groups is 1. The Morgan fingerprint density at radius 1 is 1.32 bits per heavy atom. The topological polar surface area (TPSA) is 107 Å². The van der Waals surface area contributed by atoms with Crippen LogP contribution in [0.3, 0.4) is 0 Å². The van der Waals surface area contributed by atoms with Crippen LogP contribution in [0.25, 0.3) is 0 Å². The molecular weight excluding hydrogens is 449 g/mol. The predicted molar refractivity (Wildman–Crippen MR) is 115 cm³/mol. The zero-order chi connectivity index (χ0) is 23.0. The molecule has 1 fully saturated rings. The highest BCUT2D eigenvalue weighted by molar-refractivity contribution is 7.92. The number of hydrogen-bond acceptors (Lipinski definition) is 5. The van der Waals surface area contributed by atoms with Crippen molar-refractivity contribution in [1.29, 1.82) is 0 Å². The molecular formula is C20H21ClFN3O5S. The standard InChI is InChI=1S/C20H21ClFN3O5S/c1-24(31(2,29)30)16-4-3-5-17(11-16)25-7-6-20(28,19(25)27)18(26)23-12-13-8-14(21)10-15(22)9-13/h3-5,8-11,28H,6-7,12H2,1-2H3,(H,23,26)/t20-/m1/s1. The summed E-state index contributed by atoms with van der Waals surface area (Å²) in [7, 11) is -2.13. The van der Waals surface area contributed by atoms with Crippen molar-refractivity contribution in [3.8, 4) is 0 Å². The van der Waals surface area contributed by atoms with Gasteiger partial charge >= 0.3 is 0 Å². The van der Waals surface area contributed by atoms with Gasteiger partial charge in [0.05, 0.1) is 11.9 Å². The van der Waals surface area contributed by atoms with Gasteiger partial charge in [-0.3, -0.25) is 13.9 Å². The lowest BCUT2D eigenvalue weighted by Crippen LogP contribution is -2.52. The second-order valence-electron chi connectivity index (χ2n) is 7.28. The molecule has 2 N–H and O–H groups in total. The Kier molecular flexibility index (Phi) is 6.26. The molecule has 0 spiro atoms. The third kappa shape index (κ3) is 4.81. The number of benzene rings is 2. The van der Waals surface area contributed by atoms with Crippen molar-refractivity contribution in [2.75, 3.05) is 29.1 Å². The van der Waals surface area contributed by atoms with Gasteiger partial charge in [-0.15, -0.1) is 0 Å². The molecule has 166 valence electrons. The van der Waals surface area contributed by atoms with E-state index in [4.69, 9.17) is 11.6 Å². The fraction of sp³-hybridized carbons (Fsp3) is 0.300. The molecule has 0 bridgehead atoms. The number of amides is 2. The number of rotatable bonds is 6. The fourth-order valence-electron chi connectivity index (χ4n) is 3.25. The van der Waals surface area contributed by atoms with Crippen molar-refractivity contribution >= 4 is 44.8 Å². The Labute approximate surface area is 184 Å². The summed E-state index contributed by atoms with van der Waals surface area (Å²) in [5, 5.41) is 13.3. The Morgan fingerprint density at radius 2 is 2.03 bits per heavy atom. The largest absolute Gasteiger partial charge is 0.372 e. The molecule has 2 aromatic rings. The molecule has 0 radical (unpaired) electrons. The van der Waals surface area contributed by atoms with E-state index in [0.29, 0.717) is 16.9 Å². The highest BCUT2D eigenvalue weighted by Gasteiger charge is 2.51. The van der Waals surface area contributed by atoms with Crippen LogP contribution in [0.2, 0.25) is 5.02 Å². The van der Waals surface area contributed by atoms with Crippen molar-refractivity contribution in [2.24, 2.45) is 0 Å². The van der Waals surface area contributed by atoms with Gasteiger partial charge in [0.2, 0.25) is 15.6 Å². The monoisotopic (exact) mass is 469 g/mol. The molecule has 1 saturated heterocycles. The van der Waals surface area contributed by atoms with Gasteiger partial charge in [-0.05, 0) is 42.0 Å². The third-order valence-corrected chi connectivity index (χ3v) is 6.47. The highest BCUT2D eigenvalue weighted by atomic mass is 35.5. The minimum Gasteiger partial charge on any atom is -0.372 e. The van der Waals surface area contributed by atoms with Crippen LogP contribution in [-0.4, -0.2) is 50.8 Å². The maximum atomic E-state index is 13.4. The zero-order valence-corrected chi connectivity index (χ0v) is 18.4. The summed E-state index contributed by atoms with van der Waals surface area (Å²) in [5.74, 6) is -2.32. The molecule has 2 amide bonds. The summed E-state index contributed by atoms with van der Waals surface area (Å²) in [6.07, 6.45) is 0.892. The summed E-state index contributed by atoms with van der Waals surface area (Å²) in [6.45, 7) is -0.0683. The van der Waals surface area contributed by atoms with Gasteiger partial charge in [0, 0.05) is 37.3 Å². The zero-order valence-electron chi connectivity index (χ0n) is 16.8. The second-order valence-corrected chi connectivity index (χ2v) is 9.73. The van der Waals surface area contributed by atoms with Crippen LogP contribution < -0.4 is 14.5 Å². The van der Waals surface area contributed by atoms with E-state index in [1.54, 1.807) is 18.2 Å². The molecule has 3 rings (SSSR count). The number of carbonyl (C=O) groups excluding carboxylic acids is 2. The van der Waals surface area contributed by atoms with E-state index in [9.17, 15) is 27.5 Å². The van der Waals surface area contributed by atoms with Crippen LogP contribution in [0.1, 0.15) is 12.0 Å². The minimum atomic E-state index is -3.51. The van der Waals surface area contributed by atoms with Gasteiger partial charge < -0.3 is 15.3 Å². The van der Waals surface area contributed by atoms with Crippen LogP contribution in [0.5, 0.6) is 0 Å². The van der Waals surface area contributed by atoms with Gasteiger partial charge in [0.1, 0.15) is 5.82 Å². The number of hydrogen-bond donors (Lipinski definition) is 2. The molecule has 0 saturated carbocycles. The molecule has 1 aliphatic heterocycles. The van der Waals surface area contributed by atoms with E-state index in [-0.39, 0.29) is 24.5 Å². The number of sulfonamides is 1. The first kappa shape index (κ1) is 23.0. The maximum Gasteiger partial charge on any atom is 0.268 e. The summed E-state index contributed by atoms with van der Waals surface area (Å²) < 4.78 is 38.0. The molecule has 1 heterocycles. The van der Waals surface area contributed by atoms with Crippen molar-refractivity contribution in [1.82, 2.24) is 5.32 Å². The predicted octanol–water partition coefficient (Wildman–Crippen LogP) is 1.66. The average molecular weight is 470 g/mol. The van der Waals surface area contributed by atoms with E-state index in [1.165, 1.54) is 30.1 Å². The Bertz CT molecular complexity index is 1120. The molecule has 0 aromatic heterocycles. The SMILES string of the molecule is CN(c1cccc(N2CC[C@@](O)(C(=O)NCc3cc(F)cc(Cl)c3)C2=O)c1)S(C)(=O)=O. The van der Waals surface area contributed by atoms with Crippen molar-refractivity contribution in [3.63, 3.8) is 0 Å². The van der Waals surface area contributed by atoms with Gasteiger partial charge in [-0.25, -0.2) is 12.8 Å². The summed E-state index contributed by atoms with van der Waals surface area (Å²) in [5.41, 5.74) is -1.24. The minimum absolute atomic E-state index is 0.0561. The van der Waals surface area contributed by atoms with Crippen molar-refractivity contribution < 1.29 is 27.5 Å². The van der Waals surface area contributed by atoms with E-state index in [1.807, 2.05) is 0 Å². The Morgan fingerprint density at radius 3 is 2.68 bits per heavy atom. The summed E-state index contributed by atoms with van der Waals surface area (Å²) in [6, 6.07) is 9.96. The van der Waals surface area contributed by atoms with Gasteiger partial charge in [-0.2, -0.15) is 0 Å². The van der Waals surface area contributed by atoms with Crippen molar-refractivity contribution in [3.05, 3.63) is 58.9 Å². The lowest BCUT2D eigenvalue weighted by atomic mass is 10.0. The average Bonchev–Trinajstić information content (AvgIpc) is 3.00. The fourth-order valence-corrected chi connectivity index (χ4v) is 3.99. The number of anilines is 2. The first-order valence-electron chi connectivity index (χ1n) is 9.23. The Hall–Kier alpha value is -2.69. The normalized spacial score (nSPS) is 18.9. The summed E-state index contributed by atoms with van der Waals surface area (Å²) >= 11 is 5.79. The number of nitrogens with zero attached hydrogens (tertiary/aromatic N) is 2.